The number of methoxy groups -OCH3 is 1. The van der Waals surface area contributed by atoms with Crippen LogP contribution in [0.25, 0.3) is 11.0 Å². The predicted molar refractivity (Wildman–Crippen MR) is 53.0 cm³/mol. The first kappa shape index (κ1) is 8.96. The molecule has 0 radical (unpaired) electrons. The highest BCUT2D eigenvalue weighted by molar-refractivity contribution is 5.79. The second-order valence-electron chi connectivity index (χ2n) is 3.06. The van der Waals surface area contributed by atoms with Crippen molar-refractivity contribution in [3.63, 3.8) is 0 Å². The van der Waals surface area contributed by atoms with Gasteiger partial charge in [-0.1, -0.05) is 0 Å². The third-order valence-electron chi connectivity index (χ3n) is 2.18. The molecule has 74 valence electrons. The summed E-state index contributed by atoms with van der Waals surface area (Å²) in [7, 11) is 3.49. The smallest absolute Gasteiger partial charge is 0.316 e. The number of aromatic nitrogens is 3. The molecule has 0 aromatic carbocycles. The van der Waals surface area contributed by atoms with E-state index in [0.29, 0.717) is 12.6 Å². The van der Waals surface area contributed by atoms with Crippen molar-refractivity contribution in [2.24, 2.45) is 12.8 Å². The molecule has 0 saturated carbocycles. The highest BCUT2D eigenvalue weighted by Gasteiger charge is 2.08. The molecule has 0 aliphatic carbocycles. The van der Waals surface area contributed by atoms with E-state index < -0.39 is 0 Å². The predicted octanol–water partition coefficient (Wildman–Crippen LogP) is 0.436. The summed E-state index contributed by atoms with van der Waals surface area (Å²) >= 11 is 0. The topological polar surface area (TPSA) is 66.0 Å². The number of ether oxygens (including phenoxy) is 1. The van der Waals surface area contributed by atoms with Crippen LogP contribution in [0.1, 0.15) is 5.56 Å². The van der Waals surface area contributed by atoms with Gasteiger partial charge in [0, 0.05) is 25.4 Å². The number of nitrogens with zero attached hydrogens (tertiary/aromatic N) is 3. The molecule has 0 fully saturated rings. The van der Waals surface area contributed by atoms with Crippen molar-refractivity contribution >= 4 is 11.0 Å². The zero-order valence-corrected chi connectivity index (χ0v) is 8.19. The van der Waals surface area contributed by atoms with Gasteiger partial charge in [0.2, 0.25) is 0 Å². The lowest BCUT2D eigenvalue weighted by molar-refractivity contribution is 0.381. The molecule has 5 heteroatoms. The SMILES string of the molecule is COc1ncc2c(n1)c(CN)cn2C. The molecule has 0 aliphatic heterocycles. The van der Waals surface area contributed by atoms with Crippen LogP contribution in [0.4, 0.5) is 0 Å². The minimum absolute atomic E-state index is 0.374. The van der Waals surface area contributed by atoms with E-state index in [-0.39, 0.29) is 0 Å². The fourth-order valence-electron chi connectivity index (χ4n) is 1.47. The summed E-state index contributed by atoms with van der Waals surface area (Å²) in [6, 6.07) is 0.374. The largest absolute Gasteiger partial charge is 0.467 e. The van der Waals surface area contributed by atoms with Crippen molar-refractivity contribution in [2.45, 2.75) is 6.54 Å². The van der Waals surface area contributed by atoms with Crippen molar-refractivity contribution < 1.29 is 4.74 Å². The molecule has 0 bridgehead atoms. The van der Waals surface area contributed by atoms with Crippen LogP contribution in [0, 0.1) is 0 Å². The van der Waals surface area contributed by atoms with Gasteiger partial charge in [0.25, 0.3) is 0 Å². The minimum Gasteiger partial charge on any atom is -0.467 e. The molecule has 0 aliphatic rings. The molecule has 2 N–H and O–H groups in total. The van der Waals surface area contributed by atoms with Crippen molar-refractivity contribution in [1.82, 2.24) is 14.5 Å². The summed E-state index contributed by atoms with van der Waals surface area (Å²) in [4.78, 5) is 8.29. The maximum absolute atomic E-state index is 5.61. The number of aryl methyl sites for hydroxylation is 1. The minimum atomic E-state index is 0.374. The lowest BCUT2D eigenvalue weighted by Gasteiger charge is -1.98. The Morgan fingerprint density at radius 2 is 2.36 bits per heavy atom. The standard InChI is InChI=1S/C9H12N4O/c1-13-5-6(3-10)8-7(13)4-11-9(12-8)14-2/h4-5H,3,10H2,1-2H3. The zero-order valence-electron chi connectivity index (χ0n) is 8.19. The van der Waals surface area contributed by atoms with Gasteiger partial charge < -0.3 is 15.0 Å². The maximum Gasteiger partial charge on any atom is 0.316 e. The quantitative estimate of drug-likeness (QED) is 0.749. The average Bonchev–Trinajstić information content (AvgIpc) is 2.55. The fraction of sp³-hybridized carbons (Fsp3) is 0.333. The molecule has 2 heterocycles. The van der Waals surface area contributed by atoms with E-state index in [1.165, 1.54) is 0 Å². The van der Waals surface area contributed by atoms with E-state index in [1.54, 1.807) is 13.3 Å². The van der Waals surface area contributed by atoms with Crippen LogP contribution in [0.5, 0.6) is 6.01 Å². The second kappa shape index (κ2) is 3.26. The Morgan fingerprint density at radius 3 is 3.00 bits per heavy atom. The van der Waals surface area contributed by atoms with Gasteiger partial charge in [-0.2, -0.15) is 4.98 Å². The lowest BCUT2D eigenvalue weighted by Crippen LogP contribution is -1.96. The summed E-state index contributed by atoms with van der Waals surface area (Å²) < 4.78 is 6.91. The molecular weight excluding hydrogens is 180 g/mol. The molecule has 0 saturated heterocycles. The highest BCUT2D eigenvalue weighted by atomic mass is 16.5. The Balaban J connectivity index is 2.71. The second-order valence-corrected chi connectivity index (χ2v) is 3.06. The van der Waals surface area contributed by atoms with Crippen molar-refractivity contribution in [3.05, 3.63) is 18.0 Å². The molecule has 14 heavy (non-hydrogen) atoms. The average molecular weight is 192 g/mol. The molecule has 0 amide bonds. The van der Waals surface area contributed by atoms with Crippen molar-refractivity contribution in [1.29, 1.82) is 0 Å². The van der Waals surface area contributed by atoms with Crippen molar-refractivity contribution in [2.75, 3.05) is 7.11 Å². The van der Waals surface area contributed by atoms with Crippen LogP contribution in [0.3, 0.4) is 0 Å². The van der Waals surface area contributed by atoms with E-state index in [0.717, 1.165) is 16.6 Å². The Bertz CT molecular complexity index is 463. The molecule has 2 aromatic heterocycles. The first-order valence-electron chi connectivity index (χ1n) is 4.31. The lowest BCUT2D eigenvalue weighted by atomic mass is 10.3. The summed E-state index contributed by atoms with van der Waals surface area (Å²) in [5.41, 5.74) is 8.44. The molecule has 0 spiro atoms. The summed E-state index contributed by atoms with van der Waals surface area (Å²) in [6.45, 7) is 0.470. The van der Waals surface area contributed by atoms with Crippen LogP contribution >= 0.6 is 0 Å². The molecule has 5 nitrogen and oxygen atoms in total. The van der Waals surface area contributed by atoms with Gasteiger partial charge in [0.15, 0.2) is 0 Å². The fourth-order valence-corrected chi connectivity index (χ4v) is 1.47. The van der Waals surface area contributed by atoms with Crippen LogP contribution in [0.15, 0.2) is 12.4 Å². The Morgan fingerprint density at radius 1 is 1.57 bits per heavy atom. The summed E-state index contributed by atoms with van der Waals surface area (Å²) in [5.74, 6) is 0. The van der Waals surface area contributed by atoms with E-state index in [4.69, 9.17) is 10.5 Å². The highest BCUT2D eigenvalue weighted by Crippen LogP contribution is 2.18. The summed E-state index contributed by atoms with van der Waals surface area (Å²) in [5, 5.41) is 0. The Hall–Kier alpha value is -1.62. The van der Waals surface area contributed by atoms with E-state index in [1.807, 2.05) is 17.8 Å². The molecule has 0 unspecified atom stereocenters. The number of fused-ring (bicyclic) bond motifs is 1. The molecular formula is C9H12N4O. The van der Waals surface area contributed by atoms with Gasteiger partial charge in [-0.15, -0.1) is 0 Å². The number of hydrogen-bond acceptors (Lipinski definition) is 4. The van der Waals surface area contributed by atoms with Gasteiger partial charge in [-0.3, -0.25) is 0 Å². The van der Waals surface area contributed by atoms with E-state index in [9.17, 15) is 0 Å². The third kappa shape index (κ3) is 1.22. The van der Waals surface area contributed by atoms with Crippen LogP contribution in [-0.4, -0.2) is 21.6 Å². The number of rotatable bonds is 2. The van der Waals surface area contributed by atoms with Crippen LogP contribution in [-0.2, 0) is 13.6 Å². The Kier molecular flexibility index (Phi) is 2.09. The van der Waals surface area contributed by atoms with Gasteiger partial charge in [0.05, 0.1) is 24.3 Å². The molecule has 0 atom stereocenters. The molecule has 2 rings (SSSR count). The first-order valence-corrected chi connectivity index (χ1v) is 4.31. The summed E-state index contributed by atoms with van der Waals surface area (Å²) in [6.07, 6.45) is 3.69. The number of hydrogen-bond donors (Lipinski definition) is 1. The first-order chi connectivity index (χ1) is 6.76. The van der Waals surface area contributed by atoms with Gasteiger partial charge in [-0.25, -0.2) is 4.98 Å². The van der Waals surface area contributed by atoms with Crippen LogP contribution < -0.4 is 10.5 Å². The third-order valence-corrected chi connectivity index (χ3v) is 2.18. The zero-order chi connectivity index (χ0) is 10.1. The van der Waals surface area contributed by atoms with E-state index in [2.05, 4.69) is 9.97 Å². The van der Waals surface area contributed by atoms with Crippen molar-refractivity contribution in [3.8, 4) is 6.01 Å². The van der Waals surface area contributed by atoms with Gasteiger partial charge >= 0.3 is 6.01 Å². The van der Waals surface area contributed by atoms with E-state index >= 15 is 0 Å². The molecule has 2 aromatic rings. The number of nitrogens with two attached hydrogens (primary N) is 1. The maximum atomic E-state index is 5.61. The van der Waals surface area contributed by atoms with Gasteiger partial charge in [-0.05, 0) is 0 Å². The van der Waals surface area contributed by atoms with Crippen LogP contribution in [0.2, 0.25) is 0 Å². The normalized spacial score (nSPS) is 10.8. The monoisotopic (exact) mass is 192 g/mol. The Labute approximate surface area is 81.5 Å². The van der Waals surface area contributed by atoms with Gasteiger partial charge in [0.1, 0.15) is 0 Å².